The summed E-state index contributed by atoms with van der Waals surface area (Å²) in [4.78, 5) is 31.1. The van der Waals surface area contributed by atoms with Crippen LogP contribution in [0.4, 0.5) is 10.2 Å². The Morgan fingerprint density at radius 2 is 1.90 bits per heavy atom. The molecule has 0 radical (unpaired) electrons. The Labute approximate surface area is 230 Å². The lowest BCUT2D eigenvalue weighted by atomic mass is 9.98. The fraction of sp³-hybridized carbons (Fsp3) is 0.345. The Bertz CT molecular complexity index is 1610. The van der Waals surface area contributed by atoms with Gasteiger partial charge in [-0.05, 0) is 62.6 Å². The summed E-state index contributed by atoms with van der Waals surface area (Å²) >= 11 is 0. The standard InChI is InChI=1S/C29H32FN7O3/c1-36-17-5-6-18(36)13-19(12-17)37-27(31)24(28(32)38)26(35-37)20-7-3-15(25-21(20)9-10-33-25)14-34-29(39)22-11-16(30)4-8-23(22)40-2/h3-4,7-11,17-19,33H,5-6,12-14,31H2,1-2H3,(H2,32,38)(H,34,39). The number of methoxy groups -OCH3 is 1. The van der Waals surface area contributed by atoms with Crippen LogP contribution in [0.1, 0.15) is 58.0 Å². The summed E-state index contributed by atoms with van der Waals surface area (Å²) in [5.41, 5.74) is 15.4. The number of hydrogen-bond donors (Lipinski definition) is 4. The molecule has 2 unspecified atom stereocenters. The molecule has 2 aromatic heterocycles. The number of primary amides is 1. The first-order valence-corrected chi connectivity index (χ1v) is 13.4. The van der Waals surface area contributed by atoms with Crippen LogP contribution in [-0.4, -0.2) is 57.7 Å². The van der Waals surface area contributed by atoms with Crippen molar-refractivity contribution in [2.45, 2.75) is 50.4 Å². The number of nitrogen functional groups attached to an aromatic ring is 1. The number of fused-ring (bicyclic) bond motifs is 3. The van der Waals surface area contributed by atoms with E-state index in [2.05, 4.69) is 22.2 Å². The zero-order chi connectivity index (χ0) is 28.1. The van der Waals surface area contributed by atoms with E-state index in [4.69, 9.17) is 21.3 Å². The lowest BCUT2D eigenvalue weighted by molar-refractivity contribution is 0.0946. The Balaban J connectivity index is 1.32. The van der Waals surface area contributed by atoms with Crippen LogP contribution in [0.5, 0.6) is 5.75 Å². The van der Waals surface area contributed by atoms with Gasteiger partial charge in [-0.1, -0.05) is 12.1 Å². The van der Waals surface area contributed by atoms with Gasteiger partial charge < -0.3 is 31.4 Å². The number of hydrogen-bond acceptors (Lipinski definition) is 6. The number of H-pyrrole nitrogens is 1. The summed E-state index contributed by atoms with van der Waals surface area (Å²) in [7, 11) is 3.60. The number of nitrogens with zero attached hydrogens (tertiary/aromatic N) is 3. The van der Waals surface area contributed by atoms with Gasteiger partial charge in [-0.25, -0.2) is 9.07 Å². The molecule has 2 fully saturated rings. The van der Waals surface area contributed by atoms with Gasteiger partial charge in [0.25, 0.3) is 11.8 Å². The number of piperidine rings is 1. The molecule has 11 heteroatoms. The number of anilines is 1. The van der Waals surface area contributed by atoms with Crippen molar-refractivity contribution in [3.63, 3.8) is 0 Å². The van der Waals surface area contributed by atoms with Gasteiger partial charge in [-0.3, -0.25) is 9.59 Å². The predicted octanol–water partition coefficient (Wildman–Crippen LogP) is 3.59. The lowest BCUT2D eigenvalue weighted by Gasteiger charge is -2.36. The van der Waals surface area contributed by atoms with Crippen molar-refractivity contribution < 1.29 is 18.7 Å². The highest BCUT2D eigenvalue weighted by molar-refractivity contribution is 6.07. The smallest absolute Gasteiger partial charge is 0.255 e. The minimum atomic E-state index is -0.626. The lowest BCUT2D eigenvalue weighted by Crippen LogP contribution is -2.41. The van der Waals surface area contributed by atoms with Crippen molar-refractivity contribution in [1.29, 1.82) is 0 Å². The van der Waals surface area contributed by atoms with Gasteiger partial charge in [-0.15, -0.1) is 0 Å². The molecule has 2 atom stereocenters. The minimum Gasteiger partial charge on any atom is -0.496 e. The highest BCUT2D eigenvalue weighted by atomic mass is 19.1. The fourth-order valence-corrected chi connectivity index (χ4v) is 6.44. The summed E-state index contributed by atoms with van der Waals surface area (Å²) in [5, 5.41) is 8.54. The molecule has 10 nitrogen and oxygen atoms in total. The van der Waals surface area contributed by atoms with Crippen molar-refractivity contribution in [3.8, 4) is 17.0 Å². The number of rotatable bonds is 7. The van der Waals surface area contributed by atoms with E-state index in [9.17, 15) is 14.0 Å². The number of carbonyl (C=O) groups excluding carboxylic acids is 2. The first-order valence-electron chi connectivity index (χ1n) is 13.4. The average Bonchev–Trinajstić information content (AvgIpc) is 3.60. The number of amides is 2. The third kappa shape index (κ3) is 4.26. The molecule has 2 amide bonds. The van der Waals surface area contributed by atoms with E-state index in [1.54, 1.807) is 10.9 Å². The Morgan fingerprint density at radius 3 is 2.60 bits per heavy atom. The first-order chi connectivity index (χ1) is 19.3. The third-order valence-corrected chi connectivity index (χ3v) is 8.52. The molecular weight excluding hydrogens is 513 g/mol. The highest BCUT2D eigenvalue weighted by Crippen LogP contribution is 2.42. The molecule has 4 heterocycles. The van der Waals surface area contributed by atoms with E-state index in [1.807, 2.05) is 18.2 Å². The van der Waals surface area contributed by atoms with Crippen LogP contribution in [0.3, 0.4) is 0 Å². The molecule has 2 bridgehead atoms. The summed E-state index contributed by atoms with van der Waals surface area (Å²) in [6.07, 6.45) is 5.94. The molecule has 208 valence electrons. The number of aromatic nitrogens is 3. The molecule has 0 spiro atoms. The van der Waals surface area contributed by atoms with Crippen molar-refractivity contribution in [2.24, 2.45) is 5.73 Å². The van der Waals surface area contributed by atoms with Crippen LogP contribution in [0, 0.1) is 5.82 Å². The average molecular weight is 546 g/mol. The number of carbonyl (C=O) groups is 2. The number of nitrogens with one attached hydrogen (secondary N) is 2. The van der Waals surface area contributed by atoms with Crippen LogP contribution < -0.4 is 21.5 Å². The number of halogens is 1. The maximum absolute atomic E-state index is 13.8. The number of benzene rings is 2. The first kappa shape index (κ1) is 25.9. The van der Waals surface area contributed by atoms with E-state index < -0.39 is 17.6 Å². The molecule has 2 aliphatic heterocycles. The summed E-state index contributed by atoms with van der Waals surface area (Å²) in [5.74, 6) is -1.04. The summed E-state index contributed by atoms with van der Waals surface area (Å²) in [6.45, 7) is 0.174. The van der Waals surface area contributed by atoms with Crippen LogP contribution in [0.25, 0.3) is 22.2 Å². The van der Waals surface area contributed by atoms with Crippen molar-refractivity contribution in [1.82, 2.24) is 25.0 Å². The maximum atomic E-state index is 13.8. The molecule has 2 saturated heterocycles. The Morgan fingerprint density at radius 1 is 1.15 bits per heavy atom. The Hall–Kier alpha value is -4.38. The maximum Gasteiger partial charge on any atom is 0.255 e. The van der Waals surface area contributed by atoms with E-state index in [0.29, 0.717) is 29.2 Å². The Kier molecular flexibility index (Phi) is 6.46. The molecule has 6 rings (SSSR count). The third-order valence-electron chi connectivity index (χ3n) is 8.52. The molecular formula is C29H32FN7O3. The van der Waals surface area contributed by atoms with Gasteiger partial charge in [-0.2, -0.15) is 5.10 Å². The van der Waals surface area contributed by atoms with Crippen LogP contribution in [0.2, 0.25) is 0 Å². The zero-order valence-corrected chi connectivity index (χ0v) is 22.4. The second-order valence-electron chi connectivity index (χ2n) is 10.7. The number of ether oxygens (including phenoxy) is 1. The molecule has 0 saturated carbocycles. The predicted molar refractivity (Wildman–Crippen MR) is 149 cm³/mol. The number of aromatic amines is 1. The van der Waals surface area contributed by atoms with Gasteiger partial charge in [0, 0.05) is 35.8 Å². The van der Waals surface area contributed by atoms with E-state index >= 15 is 0 Å². The van der Waals surface area contributed by atoms with Crippen LogP contribution in [0.15, 0.2) is 42.6 Å². The highest BCUT2D eigenvalue weighted by Gasteiger charge is 2.40. The van der Waals surface area contributed by atoms with Crippen molar-refractivity contribution in [3.05, 3.63) is 65.1 Å². The van der Waals surface area contributed by atoms with Gasteiger partial charge in [0.05, 0.1) is 24.2 Å². The van der Waals surface area contributed by atoms with Crippen molar-refractivity contribution in [2.75, 3.05) is 19.9 Å². The minimum absolute atomic E-state index is 0.0940. The van der Waals surface area contributed by atoms with Gasteiger partial charge >= 0.3 is 0 Å². The largest absolute Gasteiger partial charge is 0.496 e. The van der Waals surface area contributed by atoms with E-state index in [-0.39, 0.29) is 29.5 Å². The molecule has 2 aliphatic rings. The van der Waals surface area contributed by atoms with Gasteiger partial charge in [0.1, 0.15) is 28.6 Å². The van der Waals surface area contributed by atoms with Crippen molar-refractivity contribution >= 4 is 28.5 Å². The second kappa shape index (κ2) is 9.98. The summed E-state index contributed by atoms with van der Waals surface area (Å²) in [6, 6.07) is 10.4. The van der Waals surface area contributed by atoms with Gasteiger partial charge in [0.2, 0.25) is 0 Å². The fourth-order valence-electron chi connectivity index (χ4n) is 6.44. The zero-order valence-electron chi connectivity index (χ0n) is 22.4. The topological polar surface area (TPSA) is 144 Å². The van der Waals surface area contributed by atoms with E-state index in [0.717, 1.165) is 48.2 Å². The monoisotopic (exact) mass is 545 g/mol. The van der Waals surface area contributed by atoms with Gasteiger partial charge in [0.15, 0.2) is 0 Å². The molecule has 4 aromatic rings. The SMILES string of the molecule is COc1ccc(F)cc1C(=O)NCc1ccc(-c2nn(C3CC4CCC(C3)N4C)c(N)c2C(N)=O)c2cc[nH]c12. The molecule has 0 aliphatic carbocycles. The number of nitrogens with two attached hydrogens (primary N) is 2. The quantitative estimate of drug-likeness (QED) is 0.279. The summed E-state index contributed by atoms with van der Waals surface area (Å²) < 4.78 is 20.8. The van der Waals surface area contributed by atoms with E-state index in [1.165, 1.54) is 19.2 Å². The molecule has 6 N–H and O–H groups in total. The molecule has 40 heavy (non-hydrogen) atoms. The molecule has 2 aromatic carbocycles. The van der Waals surface area contributed by atoms with Crippen LogP contribution in [-0.2, 0) is 6.54 Å². The normalized spacial score (nSPS) is 20.6. The van der Waals surface area contributed by atoms with Crippen LogP contribution >= 0.6 is 0 Å². The second-order valence-corrected chi connectivity index (χ2v) is 10.7.